The molecule has 0 fully saturated rings. The molecular weight excluding hydrogens is 220 g/mol. The molecule has 0 aromatic carbocycles. The molecule has 1 aromatic heterocycles. The van der Waals surface area contributed by atoms with E-state index in [2.05, 4.69) is 4.98 Å². The number of pyridine rings is 1. The number of rotatable bonds is 5. The van der Waals surface area contributed by atoms with Gasteiger partial charge in [-0.2, -0.15) is 0 Å². The first-order chi connectivity index (χ1) is 7.52. The monoisotopic (exact) mass is 240 g/mol. The molecule has 1 heterocycles. The lowest BCUT2D eigenvalue weighted by atomic mass is 10.1. The van der Waals surface area contributed by atoms with Gasteiger partial charge in [0.05, 0.1) is 6.10 Å². The Bertz CT molecular complexity index is 303. The molecule has 0 radical (unpaired) electrons. The summed E-state index contributed by atoms with van der Waals surface area (Å²) in [4.78, 5) is 4.11. The molecule has 0 saturated carbocycles. The van der Waals surface area contributed by atoms with Crippen molar-refractivity contribution >= 4 is 11.8 Å². The number of hydrogen-bond donors (Lipinski definition) is 2. The maximum atomic E-state index is 9.52. The second kappa shape index (κ2) is 6.23. The highest BCUT2D eigenvalue weighted by molar-refractivity contribution is 8.00. The molecule has 0 amide bonds. The maximum Gasteiger partial charge on any atom is 0.0628 e. The number of thioether (sulfide) groups is 1. The van der Waals surface area contributed by atoms with Crippen LogP contribution in [0.25, 0.3) is 0 Å². The first kappa shape index (κ1) is 13.5. The molecule has 3 N–H and O–H groups in total. The van der Waals surface area contributed by atoms with Gasteiger partial charge in [0.15, 0.2) is 0 Å². The van der Waals surface area contributed by atoms with Gasteiger partial charge in [0.25, 0.3) is 0 Å². The molecule has 16 heavy (non-hydrogen) atoms. The highest BCUT2D eigenvalue weighted by atomic mass is 32.2. The van der Waals surface area contributed by atoms with Crippen molar-refractivity contribution in [3.8, 4) is 0 Å². The Labute approximate surface area is 101 Å². The third-order valence-electron chi connectivity index (χ3n) is 2.53. The normalized spacial score (nSPS) is 18.8. The van der Waals surface area contributed by atoms with Crippen LogP contribution in [-0.2, 0) is 0 Å². The second-order valence-corrected chi connectivity index (χ2v) is 5.67. The van der Waals surface area contributed by atoms with E-state index in [1.165, 1.54) is 0 Å². The molecule has 4 unspecified atom stereocenters. The second-order valence-electron chi connectivity index (χ2n) is 4.15. The van der Waals surface area contributed by atoms with Crippen LogP contribution in [0.2, 0.25) is 0 Å². The number of nitrogens with zero attached hydrogens (tertiary/aromatic N) is 1. The van der Waals surface area contributed by atoms with Crippen LogP contribution in [0.1, 0.15) is 31.6 Å². The topological polar surface area (TPSA) is 59.1 Å². The molecule has 4 atom stereocenters. The fourth-order valence-electron chi connectivity index (χ4n) is 1.40. The molecule has 3 nitrogen and oxygen atoms in total. The van der Waals surface area contributed by atoms with E-state index >= 15 is 0 Å². The summed E-state index contributed by atoms with van der Waals surface area (Å²) >= 11 is 1.70. The molecule has 0 aliphatic carbocycles. The lowest BCUT2D eigenvalue weighted by Gasteiger charge is -2.25. The van der Waals surface area contributed by atoms with Crippen LogP contribution in [0.4, 0.5) is 0 Å². The molecule has 0 spiro atoms. The highest BCUT2D eigenvalue weighted by Gasteiger charge is 2.22. The minimum atomic E-state index is -0.331. The van der Waals surface area contributed by atoms with Crippen LogP contribution in [0.15, 0.2) is 24.5 Å². The van der Waals surface area contributed by atoms with Crippen molar-refractivity contribution in [1.29, 1.82) is 0 Å². The van der Waals surface area contributed by atoms with E-state index in [0.717, 1.165) is 5.56 Å². The summed E-state index contributed by atoms with van der Waals surface area (Å²) in [5.41, 5.74) is 7.11. The van der Waals surface area contributed by atoms with E-state index in [1.54, 1.807) is 24.9 Å². The predicted octanol–water partition coefficient (Wildman–Crippen LogP) is 1.97. The van der Waals surface area contributed by atoms with Gasteiger partial charge in [-0.25, -0.2) is 0 Å². The Morgan fingerprint density at radius 3 is 2.50 bits per heavy atom. The number of aliphatic hydroxyl groups excluding tert-OH is 1. The van der Waals surface area contributed by atoms with Gasteiger partial charge in [-0.05, 0) is 25.5 Å². The summed E-state index contributed by atoms with van der Waals surface area (Å²) in [6.45, 7) is 5.81. The minimum Gasteiger partial charge on any atom is -0.392 e. The molecule has 1 aromatic rings. The fraction of sp³-hybridized carbons (Fsp3) is 0.583. The summed E-state index contributed by atoms with van der Waals surface area (Å²) in [5.74, 6) is 0. The fourth-order valence-corrected chi connectivity index (χ4v) is 2.63. The Morgan fingerprint density at radius 2 is 2.06 bits per heavy atom. The van der Waals surface area contributed by atoms with E-state index in [-0.39, 0.29) is 22.6 Å². The van der Waals surface area contributed by atoms with Crippen LogP contribution < -0.4 is 5.73 Å². The molecule has 4 heteroatoms. The standard InChI is InChI=1S/C12H20N2OS/c1-8(13)12(16-10(3)9(2)15)11-5-4-6-14-7-11/h4-10,12,15H,13H2,1-3H3. The van der Waals surface area contributed by atoms with Crippen molar-refractivity contribution < 1.29 is 5.11 Å². The van der Waals surface area contributed by atoms with Gasteiger partial charge in [0.1, 0.15) is 0 Å². The van der Waals surface area contributed by atoms with Gasteiger partial charge in [-0.1, -0.05) is 13.0 Å². The largest absolute Gasteiger partial charge is 0.392 e. The summed E-state index contributed by atoms with van der Waals surface area (Å²) in [6.07, 6.45) is 3.27. The van der Waals surface area contributed by atoms with E-state index in [0.29, 0.717) is 0 Å². The SMILES string of the molecule is CC(N)C(SC(C)C(C)O)c1cccnc1. The Morgan fingerprint density at radius 1 is 1.38 bits per heavy atom. The van der Waals surface area contributed by atoms with E-state index < -0.39 is 0 Å². The maximum absolute atomic E-state index is 9.52. The van der Waals surface area contributed by atoms with E-state index in [1.807, 2.05) is 32.2 Å². The minimum absolute atomic E-state index is 0.0374. The van der Waals surface area contributed by atoms with Gasteiger partial charge in [-0.15, -0.1) is 11.8 Å². The number of nitrogens with two attached hydrogens (primary N) is 1. The third kappa shape index (κ3) is 3.77. The average molecular weight is 240 g/mol. The lowest BCUT2D eigenvalue weighted by Crippen LogP contribution is -2.26. The van der Waals surface area contributed by atoms with Crippen molar-refractivity contribution in [2.75, 3.05) is 0 Å². The molecule has 1 rings (SSSR count). The molecule has 90 valence electrons. The van der Waals surface area contributed by atoms with Crippen molar-refractivity contribution in [2.45, 2.75) is 43.4 Å². The van der Waals surface area contributed by atoms with Crippen LogP contribution in [-0.4, -0.2) is 27.5 Å². The van der Waals surface area contributed by atoms with E-state index in [9.17, 15) is 5.11 Å². The zero-order valence-corrected chi connectivity index (χ0v) is 10.8. The van der Waals surface area contributed by atoms with Crippen LogP contribution >= 0.6 is 11.8 Å². The quantitative estimate of drug-likeness (QED) is 0.826. The Balaban J connectivity index is 2.77. The van der Waals surface area contributed by atoms with Gasteiger partial charge >= 0.3 is 0 Å². The van der Waals surface area contributed by atoms with Crippen molar-refractivity contribution in [3.63, 3.8) is 0 Å². The first-order valence-corrected chi connectivity index (χ1v) is 6.45. The van der Waals surface area contributed by atoms with E-state index in [4.69, 9.17) is 5.73 Å². The van der Waals surface area contributed by atoms with Crippen LogP contribution in [0.3, 0.4) is 0 Å². The summed E-state index contributed by atoms with van der Waals surface area (Å²) in [5, 5.41) is 9.86. The zero-order valence-electron chi connectivity index (χ0n) is 10.00. The molecule has 0 aliphatic heterocycles. The van der Waals surface area contributed by atoms with Gasteiger partial charge in [0.2, 0.25) is 0 Å². The smallest absolute Gasteiger partial charge is 0.0628 e. The van der Waals surface area contributed by atoms with Gasteiger partial charge < -0.3 is 10.8 Å². The lowest BCUT2D eigenvalue weighted by molar-refractivity contribution is 0.196. The summed E-state index contributed by atoms with van der Waals surface area (Å²) < 4.78 is 0. The van der Waals surface area contributed by atoms with Crippen molar-refractivity contribution in [2.24, 2.45) is 5.73 Å². The predicted molar refractivity (Wildman–Crippen MR) is 69.4 cm³/mol. The molecular formula is C12H20N2OS. The van der Waals surface area contributed by atoms with Crippen LogP contribution in [0, 0.1) is 0 Å². The average Bonchev–Trinajstić information content (AvgIpc) is 2.26. The van der Waals surface area contributed by atoms with Crippen LogP contribution in [0.5, 0.6) is 0 Å². The number of aromatic nitrogens is 1. The summed E-state index contributed by atoms with van der Waals surface area (Å²) in [7, 11) is 0. The molecule has 0 saturated heterocycles. The Hall–Kier alpha value is -0.580. The zero-order chi connectivity index (χ0) is 12.1. The van der Waals surface area contributed by atoms with Gasteiger partial charge in [-0.3, -0.25) is 4.98 Å². The number of hydrogen-bond acceptors (Lipinski definition) is 4. The summed E-state index contributed by atoms with van der Waals surface area (Å²) in [6, 6.07) is 3.98. The Kier molecular flexibility index (Phi) is 5.25. The first-order valence-electron chi connectivity index (χ1n) is 5.51. The third-order valence-corrected chi connectivity index (χ3v) is 4.35. The highest BCUT2D eigenvalue weighted by Crippen LogP contribution is 2.35. The van der Waals surface area contributed by atoms with Crippen molar-refractivity contribution in [1.82, 2.24) is 4.98 Å². The molecule has 0 bridgehead atoms. The molecule has 0 aliphatic rings. The van der Waals surface area contributed by atoms with Gasteiger partial charge in [0, 0.05) is 28.9 Å². The van der Waals surface area contributed by atoms with Crippen molar-refractivity contribution in [3.05, 3.63) is 30.1 Å². The number of aliphatic hydroxyl groups is 1.